The van der Waals surface area contributed by atoms with E-state index in [0.29, 0.717) is 0 Å². The van der Waals surface area contributed by atoms with Gasteiger partial charge in [0.1, 0.15) is 0 Å². The average Bonchev–Trinajstić information content (AvgIpc) is 2.02. The fraction of sp³-hybridized carbons (Fsp3) is 0.455. The molecule has 72 valence electrons. The van der Waals surface area contributed by atoms with Gasteiger partial charge in [-0.3, -0.25) is 0 Å². The Morgan fingerprint density at radius 1 is 1.46 bits per heavy atom. The highest BCUT2D eigenvalue weighted by Gasteiger charge is 2.01. The van der Waals surface area contributed by atoms with Crippen LogP contribution in [0.2, 0.25) is 5.02 Å². The molecule has 0 unspecified atom stereocenters. The molecule has 2 heteroatoms. The summed E-state index contributed by atoms with van der Waals surface area (Å²) >= 11 is 5.83. The molecule has 1 atom stereocenters. The molecule has 0 saturated heterocycles. The highest BCUT2D eigenvalue weighted by atomic mass is 35.5. The number of hydrogen-bond acceptors (Lipinski definition) is 1. The van der Waals surface area contributed by atoms with Crippen LogP contribution in [-0.2, 0) is 6.42 Å². The van der Waals surface area contributed by atoms with Crippen LogP contribution in [0.5, 0.6) is 0 Å². The number of aliphatic hydroxyl groups is 1. The first-order chi connectivity index (χ1) is 6.09. The quantitative estimate of drug-likeness (QED) is 0.792. The molecule has 1 N–H and O–H groups in total. The van der Waals surface area contributed by atoms with Gasteiger partial charge in [0.25, 0.3) is 0 Å². The zero-order valence-corrected chi connectivity index (χ0v) is 8.80. The summed E-state index contributed by atoms with van der Waals surface area (Å²) in [6.07, 6.45) is 1.50. The summed E-state index contributed by atoms with van der Waals surface area (Å²) in [5, 5.41) is 9.91. The van der Waals surface area contributed by atoms with Gasteiger partial charge in [0.15, 0.2) is 0 Å². The van der Waals surface area contributed by atoms with E-state index in [9.17, 15) is 0 Å². The zero-order chi connectivity index (χ0) is 9.84. The van der Waals surface area contributed by atoms with Gasteiger partial charge in [0, 0.05) is 5.02 Å². The lowest BCUT2D eigenvalue weighted by Gasteiger charge is -2.07. The largest absolute Gasteiger partial charge is 0.393 e. The van der Waals surface area contributed by atoms with E-state index in [1.807, 2.05) is 32.0 Å². The molecule has 0 aliphatic heterocycles. The summed E-state index contributed by atoms with van der Waals surface area (Å²) in [7, 11) is 0. The van der Waals surface area contributed by atoms with Crippen molar-refractivity contribution in [3.05, 3.63) is 34.3 Å². The maximum atomic E-state index is 9.13. The third-order valence-corrected chi connectivity index (χ3v) is 2.37. The van der Waals surface area contributed by atoms with E-state index in [1.54, 1.807) is 0 Å². The van der Waals surface area contributed by atoms with Crippen molar-refractivity contribution < 1.29 is 5.11 Å². The number of hydrogen-bond donors (Lipinski definition) is 1. The van der Waals surface area contributed by atoms with Crippen molar-refractivity contribution in [2.45, 2.75) is 32.8 Å². The van der Waals surface area contributed by atoms with Crippen molar-refractivity contribution in [1.29, 1.82) is 0 Å². The lowest BCUT2D eigenvalue weighted by molar-refractivity contribution is 0.185. The number of benzene rings is 1. The van der Waals surface area contributed by atoms with E-state index in [-0.39, 0.29) is 6.10 Å². The third kappa shape index (κ3) is 3.37. The Labute approximate surface area is 84.4 Å². The average molecular weight is 199 g/mol. The van der Waals surface area contributed by atoms with E-state index in [0.717, 1.165) is 17.9 Å². The van der Waals surface area contributed by atoms with Gasteiger partial charge in [-0.1, -0.05) is 17.7 Å². The van der Waals surface area contributed by atoms with Crippen molar-refractivity contribution in [3.63, 3.8) is 0 Å². The number of aryl methyl sites for hydroxylation is 2. The molecule has 1 nitrogen and oxygen atoms in total. The summed E-state index contributed by atoms with van der Waals surface area (Å²) in [5.74, 6) is 0. The van der Waals surface area contributed by atoms with Crippen molar-refractivity contribution in [3.8, 4) is 0 Å². The van der Waals surface area contributed by atoms with E-state index < -0.39 is 0 Å². The topological polar surface area (TPSA) is 20.2 Å². The molecule has 0 fully saturated rings. The Bertz CT molecular complexity index is 281. The summed E-state index contributed by atoms with van der Waals surface area (Å²) < 4.78 is 0. The molecule has 0 spiro atoms. The Kier molecular flexibility index (Phi) is 3.76. The predicted octanol–water partition coefficient (Wildman–Crippen LogP) is 2.96. The van der Waals surface area contributed by atoms with Crippen LogP contribution < -0.4 is 0 Å². The van der Waals surface area contributed by atoms with Crippen LogP contribution in [0, 0.1) is 6.92 Å². The van der Waals surface area contributed by atoms with Gasteiger partial charge in [-0.05, 0) is 49.9 Å². The molecule has 0 aliphatic carbocycles. The van der Waals surface area contributed by atoms with Gasteiger partial charge in [-0.25, -0.2) is 0 Å². The van der Waals surface area contributed by atoms with Gasteiger partial charge in [-0.15, -0.1) is 0 Å². The van der Waals surface area contributed by atoms with E-state index in [4.69, 9.17) is 16.7 Å². The number of rotatable bonds is 3. The van der Waals surface area contributed by atoms with E-state index in [2.05, 4.69) is 0 Å². The van der Waals surface area contributed by atoms with Crippen LogP contribution in [0.15, 0.2) is 18.2 Å². The minimum atomic E-state index is -0.227. The SMILES string of the molecule is Cc1cc(Cl)ccc1CC[C@H](C)O. The Morgan fingerprint density at radius 2 is 2.15 bits per heavy atom. The van der Waals surface area contributed by atoms with Crippen molar-refractivity contribution in [2.24, 2.45) is 0 Å². The van der Waals surface area contributed by atoms with Gasteiger partial charge in [0.05, 0.1) is 6.10 Å². The summed E-state index contributed by atoms with van der Waals surface area (Å²) in [5.41, 5.74) is 2.47. The molecule has 1 rings (SSSR count). The summed E-state index contributed by atoms with van der Waals surface area (Å²) in [6, 6.07) is 5.88. The van der Waals surface area contributed by atoms with Crippen LogP contribution in [-0.4, -0.2) is 11.2 Å². The summed E-state index contributed by atoms with van der Waals surface area (Å²) in [6.45, 7) is 3.86. The maximum Gasteiger partial charge on any atom is 0.0515 e. The second-order valence-corrected chi connectivity index (χ2v) is 3.89. The third-order valence-electron chi connectivity index (χ3n) is 2.14. The lowest BCUT2D eigenvalue weighted by atomic mass is 10.0. The zero-order valence-electron chi connectivity index (χ0n) is 8.05. The van der Waals surface area contributed by atoms with Gasteiger partial charge in [-0.2, -0.15) is 0 Å². The van der Waals surface area contributed by atoms with Crippen LogP contribution in [0.4, 0.5) is 0 Å². The molecule has 0 amide bonds. The molecule has 0 aliphatic rings. The van der Waals surface area contributed by atoms with Crippen molar-refractivity contribution in [1.82, 2.24) is 0 Å². The molecular formula is C11H15ClO. The lowest BCUT2D eigenvalue weighted by Crippen LogP contribution is -2.02. The second-order valence-electron chi connectivity index (χ2n) is 3.46. The fourth-order valence-corrected chi connectivity index (χ4v) is 1.53. The predicted molar refractivity (Wildman–Crippen MR) is 56.2 cm³/mol. The van der Waals surface area contributed by atoms with Gasteiger partial charge in [0.2, 0.25) is 0 Å². The molecule has 0 saturated carbocycles. The minimum Gasteiger partial charge on any atom is -0.393 e. The van der Waals surface area contributed by atoms with Crippen LogP contribution in [0.3, 0.4) is 0 Å². The van der Waals surface area contributed by atoms with E-state index >= 15 is 0 Å². The van der Waals surface area contributed by atoms with Crippen LogP contribution >= 0.6 is 11.6 Å². The molecule has 0 bridgehead atoms. The Morgan fingerprint density at radius 3 is 2.69 bits per heavy atom. The first-order valence-electron chi connectivity index (χ1n) is 4.52. The number of halogens is 1. The number of aliphatic hydroxyl groups excluding tert-OH is 1. The van der Waals surface area contributed by atoms with Crippen LogP contribution in [0.25, 0.3) is 0 Å². The first kappa shape index (κ1) is 10.6. The molecule has 1 aromatic carbocycles. The molecule has 0 aromatic heterocycles. The molecule has 0 radical (unpaired) electrons. The summed E-state index contributed by atoms with van der Waals surface area (Å²) in [4.78, 5) is 0. The highest BCUT2D eigenvalue weighted by molar-refractivity contribution is 6.30. The Balaban J connectivity index is 2.67. The van der Waals surface area contributed by atoms with Crippen molar-refractivity contribution in [2.75, 3.05) is 0 Å². The smallest absolute Gasteiger partial charge is 0.0515 e. The molecule has 0 heterocycles. The molecular weight excluding hydrogens is 184 g/mol. The van der Waals surface area contributed by atoms with Gasteiger partial charge >= 0.3 is 0 Å². The standard InChI is InChI=1S/C11H15ClO/c1-8-7-11(12)6-5-10(8)4-3-9(2)13/h5-7,9,13H,3-4H2,1-2H3/t9-/m0/s1. The van der Waals surface area contributed by atoms with E-state index in [1.165, 1.54) is 11.1 Å². The molecule has 13 heavy (non-hydrogen) atoms. The van der Waals surface area contributed by atoms with Crippen LogP contribution in [0.1, 0.15) is 24.5 Å². The minimum absolute atomic E-state index is 0.227. The molecule has 1 aromatic rings. The highest BCUT2D eigenvalue weighted by Crippen LogP contribution is 2.16. The maximum absolute atomic E-state index is 9.13. The van der Waals surface area contributed by atoms with Crippen molar-refractivity contribution >= 4 is 11.6 Å². The first-order valence-corrected chi connectivity index (χ1v) is 4.90. The fourth-order valence-electron chi connectivity index (χ4n) is 1.30. The second kappa shape index (κ2) is 4.64. The van der Waals surface area contributed by atoms with Gasteiger partial charge < -0.3 is 5.11 Å². The Hall–Kier alpha value is -0.530. The normalized spacial score (nSPS) is 12.9. The monoisotopic (exact) mass is 198 g/mol.